The SMILES string of the molecule is OCCC1CNCC1CO. The smallest absolute Gasteiger partial charge is 0.0474 e. The normalized spacial score (nSPS) is 33.0. The second kappa shape index (κ2) is 3.91. The van der Waals surface area contributed by atoms with E-state index in [9.17, 15) is 0 Å². The van der Waals surface area contributed by atoms with E-state index in [0.29, 0.717) is 11.8 Å². The van der Waals surface area contributed by atoms with Crippen LogP contribution in [0.4, 0.5) is 0 Å². The molecule has 0 radical (unpaired) electrons. The van der Waals surface area contributed by atoms with Gasteiger partial charge < -0.3 is 15.5 Å². The van der Waals surface area contributed by atoms with E-state index < -0.39 is 0 Å². The van der Waals surface area contributed by atoms with Crippen LogP contribution in [0, 0.1) is 11.8 Å². The minimum absolute atomic E-state index is 0.239. The lowest BCUT2D eigenvalue weighted by atomic mass is 9.94. The van der Waals surface area contributed by atoms with E-state index in [1.807, 2.05) is 0 Å². The minimum atomic E-state index is 0.239. The zero-order valence-electron chi connectivity index (χ0n) is 6.08. The quantitative estimate of drug-likeness (QED) is 0.487. The Hall–Kier alpha value is -0.120. The minimum Gasteiger partial charge on any atom is -0.396 e. The molecular formula is C7H15NO2. The van der Waals surface area contributed by atoms with Crippen molar-refractivity contribution in [2.45, 2.75) is 6.42 Å². The van der Waals surface area contributed by atoms with E-state index in [0.717, 1.165) is 19.5 Å². The van der Waals surface area contributed by atoms with Crippen LogP contribution in [0.3, 0.4) is 0 Å². The standard InChI is InChI=1S/C7H15NO2/c9-2-1-6-3-8-4-7(6)5-10/h6-10H,1-5H2. The Morgan fingerprint density at radius 3 is 2.50 bits per heavy atom. The van der Waals surface area contributed by atoms with Crippen molar-refractivity contribution in [2.75, 3.05) is 26.3 Å². The van der Waals surface area contributed by atoms with Crippen molar-refractivity contribution >= 4 is 0 Å². The molecule has 3 heteroatoms. The van der Waals surface area contributed by atoms with E-state index in [4.69, 9.17) is 10.2 Å². The van der Waals surface area contributed by atoms with Gasteiger partial charge in [0.2, 0.25) is 0 Å². The molecule has 1 aliphatic rings. The highest BCUT2D eigenvalue weighted by Crippen LogP contribution is 2.18. The number of hydrogen-bond donors (Lipinski definition) is 3. The molecule has 1 aliphatic heterocycles. The van der Waals surface area contributed by atoms with Crippen molar-refractivity contribution in [3.63, 3.8) is 0 Å². The molecule has 3 N–H and O–H groups in total. The first-order chi connectivity index (χ1) is 4.88. The van der Waals surface area contributed by atoms with Gasteiger partial charge in [0.1, 0.15) is 0 Å². The molecule has 0 spiro atoms. The van der Waals surface area contributed by atoms with Crippen LogP contribution in [0.5, 0.6) is 0 Å². The molecule has 60 valence electrons. The lowest BCUT2D eigenvalue weighted by molar-refractivity contribution is 0.179. The van der Waals surface area contributed by atoms with E-state index in [-0.39, 0.29) is 13.2 Å². The van der Waals surface area contributed by atoms with Gasteiger partial charge in [-0.15, -0.1) is 0 Å². The van der Waals surface area contributed by atoms with Crippen LogP contribution in [0.25, 0.3) is 0 Å². The molecule has 0 bridgehead atoms. The monoisotopic (exact) mass is 145 g/mol. The fourth-order valence-electron chi connectivity index (χ4n) is 1.50. The average Bonchev–Trinajstić information content (AvgIpc) is 2.36. The van der Waals surface area contributed by atoms with Crippen molar-refractivity contribution in [3.05, 3.63) is 0 Å². The summed E-state index contributed by atoms with van der Waals surface area (Å²) in [5, 5.41) is 20.7. The summed E-state index contributed by atoms with van der Waals surface area (Å²) >= 11 is 0. The molecule has 0 aromatic heterocycles. The van der Waals surface area contributed by atoms with Crippen LogP contribution < -0.4 is 5.32 Å². The molecule has 1 heterocycles. The maximum Gasteiger partial charge on any atom is 0.0474 e. The van der Waals surface area contributed by atoms with Gasteiger partial charge in [-0.3, -0.25) is 0 Å². The van der Waals surface area contributed by atoms with Crippen molar-refractivity contribution in [3.8, 4) is 0 Å². The van der Waals surface area contributed by atoms with E-state index in [1.54, 1.807) is 0 Å². The molecule has 0 aliphatic carbocycles. The fraction of sp³-hybridized carbons (Fsp3) is 1.00. The molecule has 0 aromatic carbocycles. The Balaban J connectivity index is 2.27. The number of rotatable bonds is 3. The molecule has 1 fully saturated rings. The summed E-state index contributed by atoms with van der Waals surface area (Å²) in [6.45, 7) is 2.34. The number of hydrogen-bond acceptors (Lipinski definition) is 3. The lowest BCUT2D eigenvalue weighted by Gasteiger charge is -2.13. The van der Waals surface area contributed by atoms with E-state index in [1.165, 1.54) is 0 Å². The molecule has 0 amide bonds. The van der Waals surface area contributed by atoms with Gasteiger partial charge >= 0.3 is 0 Å². The second-order valence-corrected chi connectivity index (χ2v) is 2.87. The Morgan fingerprint density at radius 1 is 1.20 bits per heavy atom. The number of aliphatic hydroxyl groups is 2. The van der Waals surface area contributed by atoms with Gasteiger partial charge in [0.05, 0.1) is 0 Å². The van der Waals surface area contributed by atoms with Crippen LogP contribution in [0.1, 0.15) is 6.42 Å². The maximum absolute atomic E-state index is 8.84. The van der Waals surface area contributed by atoms with Crippen molar-refractivity contribution in [1.82, 2.24) is 5.32 Å². The summed E-state index contributed by atoms with van der Waals surface area (Å²) in [4.78, 5) is 0. The number of aliphatic hydroxyl groups excluding tert-OH is 2. The van der Waals surface area contributed by atoms with Crippen molar-refractivity contribution in [1.29, 1.82) is 0 Å². The summed E-state index contributed by atoms with van der Waals surface area (Å²) in [7, 11) is 0. The highest BCUT2D eigenvalue weighted by atomic mass is 16.3. The largest absolute Gasteiger partial charge is 0.396 e. The third kappa shape index (κ3) is 1.68. The van der Waals surface area contributed by atoms with Gasteiger partial charge in [-0.05, 0) is 24.8 Å². The Labute approximate surface area is 61.1 Å². The first-order valence-corrected chi connectivity index (χ1v) is 3.81. The maximum atomic E-state index is 8.84. The van der Waals surface area contributed by atoms with Crippen LogP contribution in [0.2, 0.25) is 0 Å². The summed E-state index contributed by atoms with van der Waals surface area (Å²) in [5.41, 5.74) is 0. The van der Waals surface area contributed by atoms with Crippen molar-refractivity contribution in [2.24, 2.45) is 11.8 Å². The molecule has 1 saturated heterocycles. The zero-order chi connectivity index (χ0) is 7.40. The van der Waals surface area contributed by atoms with Gasteiger partial charge in [-0.25, -0.2) is 0 Å². The van der Waals surface area contributed by atoms with Crippen molar-refractivity contribution < 1.29 is 10.2 Å². The fourth-order valence-corrected chi connectivity index (χ4v) is 1.50. The molecule has 3 nitrogen and oxygen atoms in total. The second-order valence-electron chi connectivity index (χ2n) is 2.87. The lowest BCUT2D eigenvalue weighted by Crippen LogP contribution is -2.17. The predicted octanol–water partition coefficient (Wildman–Crippen LogP) is -0.803. The number of nitrogens with one attached hydrogen (secondary N) is 1. The molecular weight excluding hydrogens is 130 g/mol. The third-order valence-corrected chi connectivity index (χ3v) is 2.21. The van der Waals surface area contributed by atoms with Crippen LogP contribution in [0.15, 0.2) is 0 Å². The first-order valence-electron chi connectivity index (χ1n) is 3.81. The predicted molar refractivity (Wildman–Crippen MR) is 38.6 cm³/mol. The molecule has 2 atom stereocenters. The average molecular weight is 145 g/mol. The Bertz CT molecular complexity index is 97.6. The molecule has 0 aromatic rings. The molecule has 1 rings (SSSR count). The van der Waals surface area contributed by atoms with Gasteiger partial charge in [0, 0.05) is 19.8 Å². The van der Waals surface area contributed by atoms with E-state index >= 15 is 0 Å². The Morgan fingerprint density at radius 2 is 1.90 bits per heavy atom. The van der Waals surface area contributed by atoms with Gasteiger partial charge in [0.15, 0.2) is 0 Å². The molecule has 0 saturated carbocycles. The van der Waals surface area contributed by atoms with Crippen LogP contribution in [-0.4, -0.2) is 36.5 Å². The van der Waals surface area contributed by atoms with Gasteiger partial charge in [-0.2, -0.15) is 0 Å². The van der Waals surface area contributed by atoms with Crippen LogP contribution >= 0.6 is 0 Å². The third-order valence-electron chi connectivity index (χ3n) is 2.21. The first kappa shape index (κ1) is 7.98. The highest BCUT2D eigenvalue weighted by Gasteiger charge is 2.25. The summed E-state index contributed by atoms with van der Waals surface area (Å²) in [6, 6.07) is 0. The van der Waals surface area contributed by atoms with Gasteiger partial charge in [-0.1, -0.05) is 0 Å². The molecule has 10 heavy (non-hydrogen) atoms. The summed E-state index contributed by atoms with van der Waals surface area (Å²) in [5.74, 6) is 0.849. The topological polar surface area (TPSA) is 52.5 Å². The molecule has 2 unspecified atom stereocenters. The van der Waals surface area contributed by atoms with Gasteiger partial charge in [0.25, 0.3) is 0 Å². The van der Waals surface area contributed by atoms with E-state index in [2.05, 4.69) is 5.32 Å². The highest BCUT2D eigenvalue weighted by molar-refractivity contribution is 4.79. The summed E-state index contributed by atoms with van der Waals surface area (Å²) in [6.07, 6.45) is 0.818. The summed E-state index contributed by atoms with van der Waals surface area (Å²) < 4.78 is 0. The van der Waals surface area contributed by atoms with Crippen LogP contribution in [-0.2, 0) is 0 Å². The Kier molecular flexibility index (Phi) is 3.12. The zero-order valence-corrected chi connectivity index (χ0v) is 6.08.